The number of ether oxygens (including phenoxy) is 1. The summed E-state index contributed by atoms with van der Waals surface area (Å²) in [6.07, 6.45) is 82.1. The van der Waals surface area contributed by atoms with Gasteiger partial charge in [0.25, 0.3) is 0 Å². The Hall–Kier alpha value is -1.66. The molecule has 450 valence electrons. The van der Waals surface area contributed by atoms with Crippen molar-refractivity contribution in [1.82, 2.24) is 5.32 Å². The molecule has 0 aromatic rings. The van der Waals surface area contributed by atoms with E-state index in [1.807, 2.05) is 0 Å². The fourth-order valence-corrected chi connectivity index (χ4v) is 11.0. The zero-order valence-electron chi connectivity index (χ0n) is 51.5. The van der Waals surface area contributed by atoms with Crippen LogP contribution < -0.4 is 5.32 Å². The first-order valence-electron chi connectivity index (χ1n) is 34.6. The molecule has 2 unspecified atom stereocenters. The Kier molecular flexibility index (Phi) is 64.4. The van der Waals surface area contributed by atoms with Crippen molar-refractivity contribution >= 4 is 11.9 Å². The fraction of sp³-hybridized carbons (Fsp3) is 0.914. The van der Waals surface area contributed by atoms with Crippen molar-refractivity contribution in [3.63, 3.8) is 0 Å². The summed E-state index contributed by atoms with van der Waals surface area (Å²) in [5.74, 6) is -0.0310. The third-order valence-corrected chi connectivity index (χ3v) is 16.3. The quantitative estimate of drug-likeness (QED) is 0.0320. The van der Waals surface area contributed by atoms with Crippen molar-refractivity contribution in [3.8, 4) is 0 Å². The predicted octanol–water partition coefficient (Wildman–Crippen LogP) is 22.1. The molecule has 0 aliphatic carbocycles. The van der Waals surface area contributed by atoms with E-state index >= 15 is 0 Å². The lowest BCUT2D eigenvalue weighted by Crippen LogP contribution is -2.45. The number of allylic oxidation sites excluding steroid dienone is 4. The van der Waals surface area contributed by atoms with E-state index in [0.29, 0.717) is 25.9 Å². The zero-order valence-corrected chi connectivity index (χ0v) is 51.5. The Morgan fingerprint density at radius 2 is 0.658 bits per heavy atom. The molecule has 3 N–H and O–H groups in total. The van der Waals surface area contributed by atoms with Crippen LogP contribution in [0.3, 0.4) is 0 Å². The van der Waals surface area contributed by atoms with Crippen molar-refractivity contribution < 1.29 is 24.5 Å². The van der Waals surface area contributed by atoms with E-state index in [4.69, 9.17) is 4.74 Å². The summed E-state index contributed by atoms with van der Waals surface area (Å²) in [5, 5.41) is 23.4. The van der Waals surface area contributed by atoms with Crippen molar-refractivity contribution in [2.24, 2.45) is 0 Å². The first kappa shape index (κ1) is 74.3. The highest BCUT2D eigenvalue weighted by molar-refractivity contribution is 5.76. The molecule has 6 heteroatoms. The second-order valence-electron chi connectivity index (χ2n) is 23.9. The number of unbranched alkanes of at least 4 members (excludes halogenated alkanes) is 50. The van der Waals surface area contributed by atoms with Gasteiger partial charge in [-0.25, -0.2) is 0 Å². The summed E-state index contributed by atoms with van der Waals surface area (Å²) >= 11 is 0. The van der Waals surface area contributed by atoms with Gasteiger partial charge in [0.15, 0.2) is 0 Å². The van der Waals surface area contributed by atoms with Gasteiger partial charge in [0.05, 0.1) is 25.4 Å². The lowest BCUT2D eigenvalue weighted by Gasteiger charge is -2.22. The maximum absolute atomic E-state index is 12.5. The van der Waals surface area contributed by atoms with Crippen LogP contribution in [0.1, 0.15) is 386 Å². The van der Waals surface area contributed by atoms with Crippen LogP contribution in [0, 0.1) is 0 Å². The van der Waals surface area contributed by atoms with Crippen LogP contribution in [0.5, 0.6) is 0 Å². The molecule has 76 heavy (non-hydrogen) atoms. The average Bonchev–Trinajstić information content (AvgIpc) is 3.42. The third-order valence-electron chi connectivity index (χ3n) is 16.3. The summed E-state index contributed by atoms with van der Waals surface area (Å²) in [5.41, 5.74) is 0. The molecule has 2 atom stereocenters. The maximum Gasteiger partial charge on any atom is 0.305 e. The predicted molar refractivity (Wildman–Crippen MR) is 333 cm³/mol. The fourth-order valence-electron chi connectivity index (χ4n) is 11.0. The first-order chi connectivity index (χ1) is 37.5. The molecular formula is C70H135NO5. The molecule has 0 saturated carbocycles. The number of hydrogen-bond acceptors (Lipinski definition) is 5. The minimum atomic E-state index is -0.672. The number of rotatable bonds is 65. The van der Waals surface area contributed by atoms with E-state index in [9.17, 15) is 19.8 Å². The van der Waals surface area contributed by atoms with Crippen LogP contribution in [0.2, 0.25) is 0 Å². The molecule has 6 nitrogen and oxygen atoms in total. The van der Waals surface area contributed by atoms with Gasteiger partial charge in [-0.1, -0.05) is 340 Å². The second-order valence-corrected chi connectivity index (χ2v) is 23.9. The van der Waals surface area contributed by atoms with Crippen LogP contribution in [0.25, 0.3) is 0 Å². The monoisotopic (exact) mass is 1070 g/mol. The molecule has 0 aromatic carbocycles. The van der Waals surface area contributed by atoms with Gasteiger partial charge < -0.3 is 20.3 Å². The SMILES string of the molecule is CCCCCCCCCCCCCCCCCCCCCCCCC(O)C(CO)NC(=O)CCCCCCCCC/C=C\C/C=C\CCCCCCCCCCCOC(=O)CCCCCCCCCCCCCCCC. The molecule has 0 aliphatic rings. The second kappa shape index (κ2) is 65.9. The van der Waals surface area contributed by atoms with E-state index in [1.54, 1.807) is 0 Å². The van der Waals surface area contributed by atoms with Gasteiger partial charge >= 0.3 is 5.97 Å². The minimum absolute atomic E-state index is 0.0102. The van der Waals surface area contributed by atoms with Gasteiger partial charge in [-0.15, -0.1) is 0 Å². The summed E-state index contributed by atoms with van der Waals surface area (Å²) in [4.78, 5) is 24.6. The Labute approximate surface area is 475 Å². The molecule has 0 spiro atoms. The minimum Gasteiger partial charge on any atom is -0.466 e. The lowest BCUT2D eigenvalue weighted by atomic mass is 10.0. The number of carbonyl (C=O) groups is 2. The number of esters is 1. The number of aliphatic hydroxyl groups excluding tert-OH is 2. The molecule has 0 rings (SSSR count). The standard InChI is InChI=1S/C70H135NO5/c1-3-5-7-9-11-13-15-17-19-20-21-22-26-29-32-35-38-42-46-50-54-58-62-68(73)67(66-72)71-69(74)63-59-55-51-47-43-39-36-33-30-27-24-23-25-28-31-34-37-41-45-49-53-57-61-65-76-70(75)64-60-56-52-48-44-40-18-16-14-12-10-8-6-4-2/h23,25,27,30,67-68,72-73H,3-22,24,26,28-29,31-66H2,1-2H3,(H,71,74)/b25-23-,30-27-. The van der Waals surface area contributed by atoms with E-state index < -0.39 is 12.1 Å². The molecule has 1 amide bonds. The Bertz CT molecular complexity index is 1190. The Morgan fingerprint density at radius 3 is 1.00 bits per heavy atom. The summed E-state index contributed by atoms with van der Waals surface area (Å²) in [6.45, 7) is 4.98. The number of carbonyl (C=O) groups excluding carboxylic acids is 2. The molecule has 0 aliphatic heterocycles. The highest BCUT2D eigenvalue weighted by atomic mass is 16.5. The molecular weight excluding hydrogens is 935 g/mol. The molecule has 0 fully saturated rings. The van der Waals surface area contributed by atoms with Crippen LogP contribution in [0.4, 0.5) is 0 Å². The zero-order chi connectivity index (χ0) is 55.0. The van der Waals surface area contributed by atoms with E-state index in [1.165, 1.54) is 308 Å². The van der Waals surface area contributed by atoms with Gasteiger partial charge in [-0.3, -0.25) is 9.59 Å². The van der Waals surface area contributed by atoms with Crippen LogP contribution in [-0.4, -0.2) is 47.4 Å². The van der Waals surface area contributed by atoms with Gasteiger partial charge in [0.1, 0.15) is 0 Å². The van der Waals surface area contributed by atoms with Crippen LogP contribution in [0.15, 0.2) is 24.3 Å². The van der Waals surface area contributed by atoms with Gasteiger partial charge in [-0.2, -0.15) is 0 Å². The highest BCUT2D eigenvalue weighted by Gasteiger charge is 2.20. The molecule has 0 heterocycles. The lowest BCUT2D eigenvalue weighted by molar-refractivity contribution is -0.143. The molecule has 0 bridgehead atoms. The molecule has 0 radical (unpaired) electrons. The van der Waals surface area contributed by atoms with Crippen molar-refractivity contribution in [2.45, 2.75) is 398 Å². The number of amides is 1. The van der Waals surface area contributed by atoms with Gasteiger partial charge in [-0.05, 0) is 57.8 Å². The number of nitrogens with one attached hydrogen (secondary N) is 1. The van der Waals surface area contributed by atoms with E-state index in [-0.39, 0.29) is 18.5 Å². The Balaban J connectivity index is 3.44. The largest absolute Gasteiger partial charge is 0.466 e. The van der Waals surface area contributed by atoms with Crippen molar-refractivity contribution in [1.29, 1.82) is 0 Å². The van der Waals surface area contributed by atoms with Crippen LogP contribution in [-0.2, 0) is 14.3 Å². The normalized spacial score (nSPS) is 12.6. The topological polar surface area (TPSA) is 95.9 Å². The van der Waals surface area contributed by atoms with Crippen molar-refractivity contribution in [3.05, 3.63) is 24.3 Å². The molecule has 0 aromatic heterocycles. The van der Waals surface area contributed by atoms with Gasteiger partial charge in [0, 0.05) is 12.8 Å². The summed E-state index contributed by atoms with van der Waals surface area (Å²) < 4.78 is 5.48. The Morgan fingerprint density at radius 1 is 0.368 bits per heavy atom. The van der Waals surface area contributed by atoms with E-state index in [2.05, 4.69) is 43.5 Å². The first-order valence-corrected chi connectivity index (χ1v) is 34.6. The number of aliphatic hydroxyl groups is 2. The third kappa shape index (κ3) is 61.6. The van der Waals surface area contributed by atoms with Gasteiger partial charge in [0.2, 0.25) is 5.91 Å². The summed E-state index contributed by atoms with van der Waals surface area (Å²) in [7, 11) is 0. The van der Waals surface area contributed by atoms with Crippen LogP contribution >= 0.6 is 0 Å². The van der Waals surface area contributed by atoms with E-state index in [0.717, 1.165) is 44.9 Å². The van der Waals surface area contributed by atoms with Crippen molar-refractivity contribution in [2.75, 3.05) is 13.2 Å². The smallest absolute Gasteiger partial charge is 0.305 e. The highest BCUT2D eigenvalue weighted by Crippen LogP contribution is 2.19. The number of hydrogen-bond donors (Lipinski definition) is 3. The molecule has 0 saturated heterocycles. The average molecular weight is 1070 g/mol. The summed E-state index contributed by atoms with van der Waals surface area (Å²) in [6, 6.07) is -0.550. The maximum atomic E-state index is 12.5.